The molecule has 3 rings (SSSR count). The number of hydrogen-bond acceptors (Lipinski definition) is 4. The van der Waals surface area contributed by atoms with Gasteiger partial charge in [-0.2, -0.15) is 0 Å². The van der Waals surface area contributed by atoms with Gasteiger partial charge in [-0.1, -0.05) is 73.5 Å². The molecular weight excluding hydrogens is 456 g/mol. The van der Waals surface area contributed by atoms with Crippen molar-refractivity contribution in [2.24, 2.45) is 0 Å². The van der Waals surface area contributed by atoms with E-state index in [1.807, 2.05) is 30.3 Å². The summed E-state index contributed by atoms with van der Waals surface area (Å²) in [7, 11) is -3.55. The summed E-state index contributed by atoms with van der Waals surface area (Å²) in [4.78, 5) is 0.264. The Morgan fingerprint density at radius 3 is 1.97 bits per heavy atom. The van der Waals surface area contributed by atoms with Gasteiger partial charge in [0.15, 0.2) is 0 Å². The first-order chi connectivity index (χ1) is 17.1. The van der Waals surface area contributed by atoms with E-state index < -0.39 is 10.0 Å². The van der Waals surface area contributed by atoms with E-state index in [1.165, 1.54) is 30.4 Å². The molecule has 0 amide bonds. The molecule has 0 fully saturated rings. The summed E-state index contributed by atoms with van der Waals surface area (Å²) in [5.74, 6) is 0. The first-order valence-corrected chi connectivity index (χ1v) is 14.1. The Morgan fingerprint density at radius 2 is 1.26 bits per heavy atom. The predicted octanol–water partition coefficient (Wildman–Crippen LogP) is 6.18. The van der Waals surface area contributed by atoms with E-state index in [2.05, 4.69) is 34.3 Å². The second-order valence-corrected chi connectivity index (χ2v) is 10.4. The van der Waals surface area contributed by atoms with Crippen molar-refractivity contribution >= 4 is 15.7 Å². The van der Waals surface area contributed by atoms with Crippen molar-refractivity contribution in [1.82, 2.24) is 5.32 Å². The lowest BCUT2D eigenvalue weighted by Gasteiger charge is -2.09. The van der Waals surface area contributed by atoms with E-state index in [0.717, 1.165) is 52.0 Å². The molecule has 5 nitrogen and oxygen atoms in total. The normalized spacial score (nSPS) is 11.4. The zero-order valence-electron chi connectivity index (χ0n) is 20.5. The Hall–Kier alpha value is -2.67. The van der Waals surface area contributed by atoms with Crippen molar-refractivity contribution in [2.45, 2.75) is 56.4 Å². The molecule has 0 aromatic heterocycles. The molecular formula is C29H38N2O3S. The van der Waals surface area contributed by atoms with Crippen LogP contribution in [0.25, 0.3) is 0 Å². The zero-order chi connectivity index (χ0) is 24.6. The van der Waals surface area contributed by atoms with Crippen molar-refractivity contribution in [3.05, 3.63) is 96.1 Å². The molecule has 0 aliphatic carbocycles. The Labute approximate surface area is 211 Å². The van der Waals surface area contributed by atoms with Crippen LogP contribution in [0.4, 0.5) is 5.69 Å². The fourth-order valence-electron chi connectivity index (χ4n) is 3.82. The van der Waals surface area contributed by atoms with Crippen LogP contribution in [0.2, 0.25) is 0 Å². The molecule has 0 aliphatic heterocycles. The van der Waals surface area contributed by atoms with Crippen molar-refractivity contribution in [3.63, 3.8) is 0 Å². The molecule has 0 saturated carbocycles. The largest absolute Gasteiger partial charge is 0.381 e. The number of hydrogen-bond donors (Lipinski definition) is 2. The van der Waals surface area contributed by atoms with Crippen LogP contribution in [0.1, 0.15) is 49.7 Å². The Bertz CT molecular complexity index is 1060. The van der Waals surface area contributed by atoms with Gasteiger partial charge in [-0.25, -0.2) is 8.42 Å². The van der Waals surface area contributed by atoms with Gasteiger partial charge in [0.25, 0.3) is 10.0 Å². The number of aryl methyl sites for hydroxylation is 1. The zero-order valence-corrected chi connectivity index (χ0v) is 21.3. The molecule has 0 heterocycles. The maximum atomic E-state index is 12.4. The minimum absolute atomic E-state index is 0.264. The highest BCUT2D eigenvalue weighted by Gasteiger charge is 2.13. The molecule has 3 aromatic carbocycles. The van der Waals surface area contributed by atoms with Gasteiger partial charge in [0.2, 0.25) is 0 Å². The van der Waals surface area contributed by atoms with Crippen molar-refractivity contribution in [3.8, 4) is 0 Å². The molecule has 0 radical (unpaired) electrons. The molecule has 3 aromatic rings. The van der Waals surface area contributed by atoms with E-state index in [-0.39, 0.29) is 4.90 Å². The van der Waals surface area contributed by atoms with E-state index in [9.17, 15) is 8.42 Å². The van der Waals surface area contributed by atoms with Gasteiger partial charge in [0.1, 0.15) is 0 Å². The Balaban J connectivity index is 1.16. The average Bonchev–Trinajstić information content (AvgIpc) is 2.89. The molecule has 0 saturated heterocycles. The molecule has 0 bridgehead atoms. The first kappa shape index (κ1) is 26.9. The third-order valence-electron chi connectivity index (χ3n) is 5.83. The number of benzene rings is 3. The van der Waals surface area contributed by atoms with Crippen LogP contribution in [0.5, 0.6) is 0 Å². The predicted molar refractivity (Wildman–Crippen MR) is 144 cm³/mol. The smallest absolute Gasteiger partial charge is 0.261 e. The highest BCUT2D eigenvalue weighted by atomic mass is 32.2. The maximum absolute atomic E-state index is 12.4. The summed E-state index contributed by atoms with van der Waals surface area (Å²) in [6, 6.07) is 26.5. The number of sulfonamides is 1. The van der Waals surface area contributed by atoms with E-state index in [1.54, 1.807) is 30.3 Å². The second kappa shape index (κ2) is 15.4. The third-order valence-corrected chi connectivity index (χ3v) is 7.23. The number of ether oxygens (including phenoxy) is 1. The quantitative estimate of drug-likeness (QED) is 0.220. The van der Waals surface area contributed by atoms with Crippen LogP contribution < -0.4 is 10.0 Å². The molecule has 2 N–H and O–H groups in total. The standard InChI is InChI=1S/C29H38N2O3S/c32-35(33,29-16-7-4-8-17-29)31-28-20-18-26(19-21-28)13-9-12-24-34-23-11-2-1-10-22-30-25-27-14-5-3-6-15-27/h3-8,14-21,30-31H,1-2,9-13,22-25H2. The maximum Gasteiger partial charge on any atom is 0.261 e. The van der Waals surface area contributed by atoms with Crippen LogP contribution in [-0.4, -0.2) is 28.2 Å². The molecule has 35 heavy (non-hydrogen) atoms. The van der Waals surface area contributed by atoms with Crippen molar-refractivity contribution in [1.29, 1.82) is 0 Å². The fourth-order valence-corrected chi connectivity index (χ4v) is 4.90. The van der Waals surface area contributed by atoms with Gasteiger partial charge >= 0.3 is 0 Å². The van der Waals surface area contributed by atoms with Crippen LogP contribution in [0.15, 0.2) is 89.8 Å². The molecule has 6 heteroatoms. The van der Waals surface area contributed by atoms with Gasteiger partial charge < -0.3 is 10.1 Å². The lowest BCUT2D eigenvalue weighted by Crippen LogP contribution is -2.14. The van der Waals surface area contributed by atoms with Gasteiger partial charge in [-0.15, -0.1) is 0 Å². The van der Waals surface area contributed by atoms with Crippen molar-refractivity contribution < 1.29 is 13.2 Å². The molecule has 0 spiro atoms. The number of unbranched alkanes of at least 4 members (excludes halogenated alkanes) is 4. The van der Waals surface area contributed by atoms with E-state index >= 15 is 0 Å². The van der Waals surface area contributed by atoms with Gasteiger partial charge in [0, 0.05) is 25.4 Å². The minimum Gasteiger partial charge on any atom is -0.381 e. The van der Waals surface area contributed by atoms with E-state index in [0.29, 0.717) is 5.69 Å². The Kier molecular flexibility index (Phi) is 11.8. The summed E-state index contributed by atoms with van der Waals surface area (Å²) in [6.07, 6.45) is 7.84. The van der Waals surface area contributed by atoms with Gasteiger partial charge in [0.05, 0.1) is 4.90 Å². The van der Waals surface area contributed by atoms with Gasteiger partial charge in [-0.3, -0.25) is 4.72 Å². The van der Waals surface area contributed by atoms with Crippen LogP contribution >= 0.6 is 0 Å². The van der Waals surface area contributed by atoms with Crippen LogP contribution in [-0.2, 0) is 27.7 Å². The molecule has 188 valence electrons. The topological polar surface area (TPSA) is 67.4 Å². The van der Waals surface area contributed by atoms with Gasteiger partial charge in [-0.05, 0) is 74.0 Å². The molecule has 0 unspecified atom stereocenters. The second-order valence-electron chi connectivity index (χ2n) is 8.76. The average molecular weight is 495 g/mol. The highest BCUT2D eigenvalue weighted by Crippen LogP contribution is 2.17. The van der Waals surface area contributed by atoms with Crippen LogP contribution in [0.3, 0.4) is 0 Å². The lowest BCUT2D eigenvalue weighted by atomic mass is 10.1. The Morgan fingerprint density at radius 1 is 0.629 bits per heavy atom. The monoisotopic (exact) mass is 494 g/mol. The van der Waals surface area contributed by atoms with E-state index in [4.69, 9.17) is 4.74 Å². The minimum atomic E-state index is -3.55. The summed E-state index contributed by atoms with van der Waals surface area (Å²) in [6.45, 7) is 3.65. The van der Waals surface area contributed by atoms with Crippen LogP contribution in [0, 0.1) is 0 Å². The summed E-state index contributed by atoms with van der Waals surface area (Å²) >= 11 is 0. The summed E-state index contributed by atoms with van der Waals surface area (Å²) in [5.41, 5.74) is 3.12. The number of anilines is 1. The van der Waals surface area contributed by atoms with Crippen molar-refractivity contribution in [2.75, 3.05) is 24.5 Å². The fraction of sp³-hybridized carbons (Fsp3) is 0.379. The molecule has 0 aliphatic rings. The highest BCUT2D eigenvalue weighted by molar-refractivity contribution is 7.92. The lowest BCUT2D eigenvalue weighted by molar-refractivity contribution is 0.126. The first-order valence-electron chi connectivity index (χ1n) is 12.6. The third kappa shape index (κ3) is 10.6. The summed E-state index contributed by atoms with van der Waals surface area (Å²) in [5, 5.41) is 3.50. The number of nitrogens with one attached hydrogen (secondary N) is 2. The SMILES string of the molecule is O=S(=O)(Nc1ccc(CCCCOCCCCCCNCc2ccccc2)cc1)c1ccccc1. The number of rotatable bonds is 17. The molecule has 0 atom stereocenters. The summed E-state index contributed by atoms with van der Waals surface area (Å²) < 4.78 is 33.2.